The van der Waals surface area contributed by atoms with Crippen molar-refractivity contribution in [3.8, 4) is 11.1 Å². The van der Waals surface area contributed by atoms with E-state index in [0.717, 1.165) is 22.9 Å². The standard InChI is InChI=1S/C21H16N2O2/c24-23(25)19-10-11-21-20(13-19)18(14-22-21)12-15-6-8-17(9-7-15)16-4-2-1-3-5-16/h1-11,13-14,22H,12H2. The molecule has 0 bridgehead atoms. The SMILES string of the molecule is O=[N+]([O-])c1ccc2[nH]cc(Cc3ccc(-c4ccccc4)cc3)c2c1. The molecule has 0 aliphatic rings. The van der Waals surface area contributed by atoms with Gasteiger partial charge in [-0.15, -0.1) is 0 Å². The van der Waals surface area contributed by atoms with Gasteiger partial charge in [0.15, 0.2) is 0 Å². The second-order valence-electron chi connectivity index (χ2n) is 6.04. The van der Waals surface area contributed by atoms with E-state index in [4.69, 9.17) is 0 Å². The quantitative estimate of drug-likeness (QED) is 0.406. The van der Waals surface area contributed by atoms with Gasteiger partial charge in [-0.2, -0.15) is 0 Å². The zero-order chi connectivity index (χ0) is 17.2. The zero-order valence-electron chi connectivity index (χ0n) is 13.5. The molecule has 0 saturated carbocycles. The van der Waals surface area contributed by atoms with Gasteiger partial charge in [0.2, 0.25) is 0 Å². The molecular formula is C21H16N2O2. The largest absolute Gasteiger partial charge is 0.361 e. The van der Waals surface area contributed by atoms with E-state index in [1.54, 1.807) is 12.1 Å². The van der Waals surface area contributed by atoms with Gasteiger partial charge in [0.05, 0.1) is 4.92 Å². The molecule has 4 aromatic rings. The van der Waals surface area contributed by atoms with Crippen LogP contribution in [0, 0.1) is 10.1 Å². The number of non-ortho nitro benzene ring substituents is 1. The molecule has 0 aliphatic heterocycles. The maximum absolute atomic E-state index is 11.0. The lowest BCUT2D eigenvalue weighted by atomic mass is 10.00. The highest BCUT2D eigenvalue weighted by Gasteiger charge is 2.11. The Balaban J connectivity index is 1.63. The maximum Gasteiger partial charge on any atom is 0.270 e. The monoisotopic (exact) mass is 328 g/mol. The van der Waals surface area contributed by atoms with E-state index < -0.39 is 0 Å². The van der Waals surface area contributed by atoms with Crippen molar-refractivity contribution in [2.24, 2.45) is 0 Å². The summed E-state index contributed by atoms with van der Waals surface area (Å²) in [7, 11) is 0. The van der Waals surface area contributed by atoms with Gasteiger partial charge in [-0.25, -0.2) is 0 Å². The normalized spacial score (nSPS) is 10.9. The molecule has 0 radical (unpaired) electrons. The van der Waals surface area contributed by atoms with Crippen LogP contribution in [0.3, 0.4) is 0 Å². The van der Waals surface area contributed by atoms with Crippen molar-refractivity contribution in [2.75, 3.05) is 0 Å². The van der Waals surface area contributed by atoms with Crippen LogP contribution in [0.4, 0.5) is 5.69 Å². The number of nitro benzene ring substituents is 1. The number of benzene rings is 3. The van der Waals surface area contributed by atoms with Crippen LogP contribution in [0.25, 0.3) is 22.0 Å². The van der Waals surface area contributed by atoms with E-state index >= 15 is 0 Å². The van der Waals surface area contributed by atoms with Gasteiger partial charge in [0, 0.05) is 29.2 Å². The number of hydrogen-bond acceptors (Lipinski definition) is 2. The number of aromatic nitrogens is 1. The lowest BCUT2D eigenvalue weighted by molar-refractivity contribution is -0.384. The molecule has 1 N–H and O–H groups in total. The molecule has 1 heterocycles. The number of nitrogens with one attached hydrogen (secondary N) is 1. The summed E-state index contributed by atoms with van der Waals surface area (Å²) in [5, 5.41) is 11.9. The first kappa shape index (κ1) is 15.1. The summed E-state index contributed by atoms with van der Waals surface area (Å²) in [6.07, 6.45) is 2.66. The highest BCUT2D eigenvalue weighted by atomic mass is 16.6. The number of fused-ring (bicyclic) bond motifs is 1. The first-order chi connectivity index (χ1) is 12.2. The van der Waals surface area contributed by atoms with Crippen molar-refractivity contribution in [3.05, 3.63) is 100 Å². The molecule has 4 nitrogen and oxygen atoms in total. The van der Waals surface area contributed by atoms with Crippen LogP contribution in [0.2, 0.25) is 0 Å². The van der Waals surface area contributed by atoms with E-state index in [0.29, 0.717) is 0 Å². The van der Waals surface area contributed by atoms with E-state index in [-0.39, 0.29) is 10.6 Å². The summed E-state index contributed by atoms with van der Waals surface area (Å²) in [4.78, 5) is 13.8. The maximum atomic E-state index is 11.0. The van der Waals surface area contributed by atoms with Gasteiger partial charge in [0.1, 0.15) is 0 Å². The van der Waals surface area contributed by atoms with E-state index in [1.807, 2.05) is 24.4 Å². The Morgan fingerprint density at radius 1 is 0.880 bits per heavy atom. The van der Waals surface area contributed by atoms with Gasteiger partial charge >= 0.3 is 0 Å². The minimum atomic E-state index is -0.356. The van der Waals surface area contributed by atoms with Crippen LogP contribution in [0.5, 0.6) is 0 Å². The molecular weight excluding hydrogens is 312 g/mol. The molecule has 122 valence electrons. The molecule has 0 unspecified atom stereocenters. The zero-order valence-corrected chi connectivity index (χ0v) is 13.5. The van der Waals surface area contributed by atoms with E-state index in [1.165, 1.54) is 22.8 Å². The molecule has 4 rings (SSSR count). The van der Waals surface area contributed by atoms with Gasteiger partial charge < -0.3 is 4.98 Å². The molecule has 0 saturated heterocycles. The number of hydrogen-bond donors (Lipinski definition) is 1. The van der Waals surface area contributed by atoms with Crippen LogP contribution in [-0.2, 0) is 6.42 Å². The molecule has 0 aliphatic carbocycles. The fraction of sp³-hybridized carbons (Fsp3) is 0.0476. The number of rotatable bonds is 4. The van der Waals surface area contributed by atoms with Crippen LogP contribution in [0.1, 0.15) is 11.1 Å². The van der Waals surface area contributed by atoms with Crippen molar-refractivity contribution in [2.45, 2.75) is 6.42 Å². The lowest BCUT2D eigenvalue weighted by Gasteiger charge is -2.04. The summed E-state index contributed by atoms with van der Waals surface area (Å²) in [6, 6.07) is 23.6. The summed E-state index contributed by atoms with van der Waals surface area (Å²) in [6.45, 7) is 0. The van der Waals surface area contributed by atoms with Gasteiger partial charge in [0.25, 0.3) is 5.69 Å². The summed E-state index contributed by atoms with van der Waals surface area (Å²) >= 11 is 0. The van der Waals surface area contributed by atoms with Crippen molar-refractivity contribution in [1.82, 2.24) is 4.98 Å². The predicted molar refractivity (Wildman–Crippen MR) is 99.6 cm³/mol. The van der Waals surface area contributed by atoms with E-state index in [2.05, 4.69) is 41.4 Å². The molecule has 0 amide bonds. The van der Waals surface area contributed by atoms with Gasteiger partial charge in [-0.3, -0.25) is 10.1 Å². The molecule has 3 aromatic carbocycles. The van der Waals surface area contributed by atoms with Crippen molar-refractivity contribution < 1.29 is 4.92 Å². The Kier molecular flexibility index (Phi) is 3.78. The minimum absolute atomic E-state index is 0.118. The van der Waals surface area contributed by atoms with Gasteiger partial charge in [-0.1, -0.05) is 54.6 Å². The number of nitrogens with zero attached hydrogens (tertiary/aromatic N) is 1. The van der Waals surface area contributed by atoms with Crippen LogP contribution < -0.4 is 0 Å². The van der Waals surface area contributed by atoms with Crippen LogP contribution >= 0.6 is 0 Å². The smallest absolute Gasteiger partial charge is 0.270 e. The Hall–Kier alpha value is -3.40. The highest BCUT2D eigenvalue weighted by molar-refractivity contribution is 5.85. The third kappa shape index (κ3) is 3.02. The fourth-order valence-electron chi connectivity index (χ4n) is 3.09. The summed E-state index contributed by atoms with van der Waals surface area (Å²) < 4.78 is 0. The van der Waals surface area contributed by atoms with Crippen LogP contribution in [-0.4, -0.2) is 9.91 Å². The second kappa shape index (κ2) is 6.24. The molecule has 0 atom stereocenters. The molecule has 0 spiro atoms. The average molecular weight is 328 g/mol. The number of nitro groups is 1. The highest BCUT2D eigenvalue weighted by Crippen LogP contribution is 2.26. The molecule has 25 heavy (non-hydrogen) atoms. The van der Waals surface area contributed by atoms with Crippen molar-refractivity contribution in [3.63, 3.8) is 0 Å². The number of H-pyrrole nitrogens is 1. The van der Waals surface area contributed by atoms with Gasteiger partial charge in [-0.05, 0) is 34.7 Å². The third-order valence-corrected chi connectivity index (χ3v) is 4.42. The Morgan fingerprint density at radius 2 is 1.60 bits per heavy atom. The topological polar surface area (TPSA) is 58.9 Å². The third-order valence-electron chi connectivity index (χ3n) is 4.42. The molecule has 1 aromatic heterocycles. The fourth-order valence-corrected chi connectivity index (χ4v) is 3.09. The van der Waals surface area contributed by atoms with Crippen molar-refractivity contribution in [1.29, 1.82) is 0 Å². The minimum Gasteiger partial charge on any atom is -0.361 e. The lowest BCUT2D eigenvalue weighted by Crippen LogP contribution is -1.89. The number of aromatic amines is 1. The Morgan fingerprint density at radius 3 is 2.32 bits per heavy atom. The average Bonchev–Trinajstić information content (AvgIpc) is 3.05. The molecule has 4 heteroatoms. The first-order valence-corrected chi connectivity index (χ1v) is 8.09. The van der Waals surface area contributed by atoms with Crippen LogP contribution in [0.15, 0.2) is 79.0 Å². The summed E-state index contributed by atoms with van der Waals surface area (Å²) in [5.74, 6) is 0. The second-order valence-corrected chi connectivity index (χ2v) is 6.04. The Labute approximate surface area is 144 Å². The Bertz CT molecular complexity index is 1030. The summed E-state index contributed by atoms with van der Waals surface area (Å²) in [5.41, 5.74) is 5.64. The van der Waals surface area contributed by atoms with Crippen molar-refractivity contribution >= 4 is 16.6 Å². The van der Waals surface area contributed by atoms with E-state index in [9.17, 15) is 10.1 Å². The predicted octanol–water partition coefficient (Wildman–Crippen LogP) is 5.33. The molecule has 0 fully saturated rings. The first-order valence-electron chi connectivity index (χ1n) is 8.09.